The second kappa shape index (κ2) is 6.20. The molecule has 21 heavy (non-hydrogen) atoms. The molecule has 2 rings (SSSR count). The van der Waals surface area contributed by atoms with Crippen molar-refractivity contribution in [2.75, 3.05) is 39.4 Å². The molecule has 6 nitrogen and oxygen atoms in total. The van der Waals surface area contributed by atoms with E-state index in [9.17, 15) is 4.79 Å². The quantitative estimate of drug-likeness (QED) is 0.694. The summed E-state index contributed by atoms with van der Waals surface area (Å²) in [7, 11) is 0. The van der Waals surface area contributed by atoms with Crippen LogP contribution < -0.4 is 0 Å². The van der Waals surface area contributed by atoms with Crippen LogP contribution in [0.2, 0.25) is 0 Å². The highest BCUT2D eigenvalue weighted by Crippen LogP contribution is 2.30. The number of hydrogen-bond donors (Lipinski definition) is 0. The van der Waals surface area contributed by atoms with Crippen molar-refractivity contribution < 1.29 is 14.3 Å². The molecule has 1 amide bonds. The molecule has 2 aliphatic rings. The second-order valence-corrected chi connectivity index (χ2v) is 6.66. The molecule has 0 N–H and O–H groups in total. The van der Waals surface area contributed by atoms with E-state index in [2.05, 4.69) is 9.74 Å². The fraction of sp³-hybridized carbons (Fsp3) is 0.867. The number of carbonyl (C=O) groups is 1. The zero-order valence-electron chi connectivity index (χ0n) is 13.2. The van der Waals surface area contributed by atoms with Crippen molar-refractivity contribution in [3.05, 3.63) is 11.4 Å². The van der Waals surface area contributed by atoms with Crippen LogP contribution in [-0.4, -0.2) is 66.5 Å². The third kappa shape index (κ3) is 3.86. The Kier molecular flexibility index (Phi) is 4.74. The van der Waals surface area contributed by atoms with E-state index in [-0.39, 0.29) is 6.09 Å². The van der Waals surface area contributed by atoms with Gasteiger partial charge in [-0.2, -0.15) is 0 Å². The first kappa shape index (κ1) is 16.1. The van der Waals surface area contributed by atoms with Crippen LogP contribution in [0, 0.1) is 6.57 Å². The Labute approximate surface area is 126 Å². The molecule has 118 valence electrons. The summed E-state index contributed by atoms with van der Waals surface area (Å²) in [5.41, 5.74) is -0.898. The Morgan fingerprint density at radius 3 is 2.24 bits per heavy atom. The molecule has 0 aliphatic carbocycles. The molecule has 0 unspecified atom stereocenters. The molecule has 0 radical (unpaired) electrons. The normalized spacial score (nSPS) is 23.4. The SMILES string of the molecule is [C-]#[N+]C1(N2CCN(C(=O)OC(C)(C)C)CC2)CCOCC1. The molecule has 0 atom stereocenters. The van der Waals surface area contributed by atoms with E-state index in [1.165, 1.54) is 0 Å². The first-order valence-corrected chi connectivity index (χ1v) is 7.56. The third-order valence-corrected chi connectivity index (χ3v) is 4.02. The Balaban J connectivity index is 1.91. The fourth-order valence-corrected chi connectivity index (χ4v) is 2.83. The molecule has 0 saturated carbocycles. The fourth-order valence-electron chi connectivity index (χ4n) is 2.83. The highest BCUT2D eigenvalue weighted by atomic mass is 16.6. The molecular weight excluding hydrogens is 270 g/mol. The Morgan fingerprint density at radius 1 is 1.19 bits per heavy atom. The van der Waals surface area contributed by atoms with Gasteiger partial charge in [-0.25, -0.2) is 16.3 Å². The molecule has 0 aromatic carbocycles. The summed E-state index contributed by atoms with van der Waals surface area (Å²) in [6, 6.07) is 0. The molecule has 0 aromatic heterocycles. The van der Waals surface area contributed by atoms with E-state index < -0.39 is 11.3 Å². The van der Waals surface area contributed by atoms with Crippen molar-refractivity contribution in [1.29, 1.82) is 0 Å². The van der Waals surface area contributed by atoms with Gasteiger partial charge in [0.1, 0.15) is 5.60 Å². The van der Waals surface area contributed by atoms with Gasteiger partial charge < -0.3 is 14.4 Å². The van der Waals surface area contributed by atoms with Gasteiger partial charge in [-0.3, -0.25) is 4.85 Å². The summed E-state index contributed by atoms with van der Waals surface area (Å²) in [4.78, 5) is 19.9. The summed E-state index contributed by atoms with van der Waals surface area (Å²) in [6.07, 6.45) is 1.25. The molecule has 0 bridgehead atoms. The minimum atomic E-state index is -0.466. The monoisotopic (exact) mass is 295 g/mol. The van der Waals surface area contributed by atoms with Gasteiger partial charge in [0.15, 0.2) is 0 Å². The number of rotatable bonds is 1. The number of amides is 1. The maximum atomic E-state index is 12.1. The van der Waals surface area contributed by atoms with Gasteiger partial charge >= 0.3 is 6.09 Å². The Hall–Kier alpha value is -1.32. The molecule has 2 fully saturated rings. The number of carbonyl (C=O) groups excluding carboxylic acids is 1. The van der Waals surface area contributed by atoms with Gasteiger partial charge in [0.25, 0.3) is 5.66 Å². The number of piperazine rings is 1. The lowest BCUT2D eigenvalue weighted by Gasteiger charge is -2.41. The number of hydrogen-bond acceptors (Lipinski definition) is 4. The third-order valence-electron chi connectivity index (χ3n) is 4.02. The van der Waals surface area contributed by atoms with E-state index >= 15 is 0 Å². The van der Waals surface area contributed by atoms with Crippen LogP contribution >= 0.6 is 0 Å². The largest absolute Gasteiger partial charge is 0.444 e. The standard InChI is InChI=1S/C15H25N3O3/c1-14(2,3)21-13(19)17-7-9-18(10-8-17)15(16-4)5-11-20-12-6-15/h5-12H2,1-3H3. The molecule has 6 heteroatoms. The molecule has 0 spiro atoms. The zero-order valence-corrected chi connectivity index (χ0v) is 13.2. The summed E-state index contributed by atoms with van der Waals surface area (Å²) < 4.78 is 10.8. The highest BCUT2D eigenvalue weighted by Gasteiger charge is 2.46. The lowest BCUT2D eigenvalue weighted by atomic mass is 9.98. The predicted molar refractivity (Wildman–Crippen MR) is 78.8 cm³/mol. The van der Waals surface area contributed by atoms with Crippen LogP contribution in [-0.2, 0) is 9.47 Å². The van der Waals surface area contributed by atoms with E-state index in [1.54, 1.807) is 4.90 Å². The first-order chi connectivity index (χ1) is 9.86. The van der Waals surface area contributed by atoms with Gasteiger partial charge in [0.2, 0.25) is 0 Å². The summed E-state index contributed by atoms with van der Waals surface area (Å²) in [5.74, 6) is 0. The van der Waals surface area contributed by atoms with Crippen molar-refractivity contribution in [3.8, 4) is 0 Å². The maximum Gasteiger partial charge on any atom is 0.410 e. The molecule has 2 heterocycles. The summed E-state index contributed by atoms with van der Waals surface area (Å²) in [6.45, 7) is 17.2. The van der Waals surface area contributed by atoms with Crippen LogP contribution in [0.25, 0.3) is 4.85 Å². The smallest absolute Gasteiger partial charge is 0.410 e. The van der Waals surface area contributed by atoms with Crippen LogP contribution in [0.1, 0.15) is 33.6 Å². The van der Waals surface area contributed by atoms with Crippen molar-refractivity contribution in [3.63, 3.8) is 0 Å². The van der Waals surface area contributed by atoms with Gasteiger partial charge in [-0.15, -0.1) is 0 Å². The van der Waals surface area contributed by atoms with E-state index in [1.807, 2.05) is 20.8 Å². The van der Waals surface area contributed by atoms with Crippen molar-refractivity contribution >= 4 is 6.09 Å². The van der Waals surface area contributed by atoms with Crippen LogP contribution in [0.3, 0.4) is 0 Å². The minimum absolute atomic E-state index is 0.258. The van der Waals surface area contributed by atoms with E-state index in [0.717, 1.165) is 25.9 Å². The zero-order chi connectivity index (χ0) is 15.5. The number of ether oxygens (including phenoxy) is 2. The molecular formula is C15H25N3O3. The summed E-state index contributed by atoms with van der Waals surface area (Å²) in [5, 5.41) is 0. The highest BCUT2D eigenvalue weighted by molar-refractivity contribution is 5.68. The molecule has 2 saturated heterocycles. The summed E-state index contributed by atoms with van der Waals surface area (Å²) >= 11 is 0. The van der Waals surface area contributed by atoms with Crippen molar-refractivity contribution in [1.82, 2.24) is 9.80 Å². The lowest BCUT2D eigenvalue weighted by Crippen LogP contribution is -2.58. The second-order valence-electron chi connectivity index (χ2n) is 6.66. The van der Waals surface area contributed by atoms with Crippen molar-refractivity contribution in [2.24, 2.45) is 0 Å². The Morgan fingerprint density at radius 2 is 1.76 bits per heavy atom. The van der Waals surface area contributed by atoms with Crippen LogP contribution in [0.4, 0.5) is 4.79 Å². The molecule has 0 aromatic rings. The Bertz CT molecular complexity index is 411. The topological polar surface area (TPSA) is 46.4 Å². The van der Waals surface area contributed by atoms with Gasteiger partial charge in [-0.05, 0) is 20.8 Å². The van der Waals surface area contributed by atoms with Gasteiger partial charge in [0, 0.05) is 26.2 Å². The van der Waals surface area contributed by atoms with Crippen LogP contribution in [0.5, 0.6) is 0 Å². The van der Waals surface area contributed by atoms with Crippen LogP contribution in [0.15, 0.2) is 0 Å². The average Bonchev–Trinajstić information content (AvgIpc) is 2.46. The minimum Gasteiger partial charge on any atom is -0.444 e. The molecule has 2 aliphatic heterocycles. The van der Waals surface area contributed by atoms with E-state index in [4.69, 9.17) is 16.0 Å². The van der Waals surface area contributed by atoms with Crippen molar-refractivity contribution in [2.45, 2.75) is 44.9 Å². The van der Waals surface area contributed by atoms with E-state index in [0.29, 0.717) is 26.3 Å². The lowest BCUT2D eigenvalue weighted by molar-refractivity contribution is -0.0312. The predicted octanol–water partition coefficient (Wildman–Crippen LogP) is 1.97. The number of nitrogens with zero attached hydrogens (tertiary/aromatic N) is 3. The van der Waals surface area contributed by atoms with Gasteiger partial charge in [0.05, 0.1) is 26.1 Å². The first-order valence-electron chi connectivity index (χ1n) is 7.56. The van der Waals surface area contributed by atoms with Gasteiger partial charge in [-0.1, -0.05) is 0 Å². The maximum absolute atomic E-state index is 12.1. The average molecular weight is 295 g/mol.